The van der Waals surface area contributed by atoms with Gasteiger partial charge in [-0.15, -0.1) is 0 Å². The predicted molar refractivity (Wildman–Crippen MR) is 98.0 cm³/mol. The molecule has 0 saturated heterocycles. The van der Waals surface area contributed by atoms with Crippen molar-refractivity contribution in [3.63, 3.8) is 0 Å². The molecule has 1 heterocycles. The monoisotopic (exact) mass is 451 g/mol. The van der Waals surface area contributed by atoms with Crippen molar-refractivity contribution in [2.75, 3.05) is 13.1 Å². The highest BCUT2D eigenvalue weighted by Crippen LogP contribution is 2.36. The quantitative estimate of drug-likeness (QED) is 0.699. The van der Waals surface area contributed by atoms with Gasteiger partial charge in [0.25, 0.3) is 5.91 Å². The van der Waals surface area contributed by atoms with Gasteiger partial charge >= 0.3 is 6.18 Å². The molecule has 0 spiro atoms. The number of primary amides is 1. The number of alkyl halides is 3. The Balaban J connectivity index is 2.52. The topological polar surface area (TPSA) is 58.7 Å². The second-order valence-corrected chi connectivity index (χ2v) is 7.63. The van der Waals surface area contributed by atoms with Gasteiger partial charge in [0.2, 0.25) is 0 Å². The minimum Gasteiger partial charge on any atom is -0.364 e. The van der Waals surface area contributed by atoms with E-state index in [1.54, 1.807) is 6.07 Å². The van der Waals surface area contributed by atoms with Gasteiger partial charge in [-0.3, -0.25) is 9.69 Å². The van der Waals surface area contributed by atoms with Crippen molar-refractivity contribution in [2.45, 2.75) is 20.0 Å². The summed E-state index contributed by atoms with van der Waals surface area (Å²) in [6, 6.07) is 5.12. The lowest BCUT2D eigenvalue weighted by Crippen LogP contribution is -2.32. The number of aliphatic imine (C=N–C) groups is 1. The van der Waals surface area contributed by atoms with Gasteiger partial charge in [-0.2, -0.15) is 13.2 Å². The second kappa shape index (κ2) is 7.56. The molecule has 2 N–H and O–H groups in total. The van der Waals surface area contributed by atoms with Crippen LogP contribution in [0.15, 0.2) is 35.3 Å². The first kappa shape index (κ1) is 18.8. The Morgan fingerprint density at radius 2 is 1.96 bits per heavy atom. The SMILES string of the molecule is CCN(CC)C1=IC(c2cccc(C(F)(F)F)c2)=CC(C(N)=O)=N1. The van der Waals surface area contributed by atoms with E-state index in [2.05, 4.69) is 4.99 Å². The molecule has 1 aliphatic rings. The number of nitrogens with two attached hydrogens (primary N) is 1. The van der Waals surface area contributed by atoms with Gasteiger partial charge in [0, 0.05) is 16.7 Å². The van der Waals surface area contributed by atoms with Crippen molar-refractivity contribution >= 4 is 39.7 Å². The Kier molecular flexibility index (Phi) is 5.92. The van der Waals surface area contributed by atoms with Crippen LogP contribution in [0.2, 0.25) is 0 Å². The van der Waals surface area contributed by atoms with E-state index in [0.29, 0.717) is 22.2 Å². The molecule has 0 radical (unpaired) electrons. The molecular formula is C16H17F3IN3O. The Morgan fingerprint density at radius 3 is 2.50 bits per heavy atom. The van der Waals surface area contributed by atoms with Crippen molar-refractivity contribution in [3.05, 3.63) is 41.5 Å². The van der Waals surface area contributed by atoms with E-state index in [-0.39, 0.29) is 5.71 Å². The second-order valence-electron chi connectivity index (χ2n) is 4.97. The first-order chi connectivity index (χ1) is 11.3. The van der Waals surface area contributed by atoms with E-state index in [9.17, 15) is 18.0 Å². The van der Waals surface area contributed by atoms with Crippen LogP contribution in [-0.2, 0) is 11.0 Å². The van der Waals surface area contributed by atoms with Crippen LogP contribution in [0.4, 0.5) is 13.2 Å². The van der Waals surface area contributed by atoms with Crippen LogP contribution in [0.25, 0.3) is 3.58 Å². The fraction of sp³-hybridized carbons (Fsp3) is 0.312. The molecule has 0 saturated carbocycles. The first-order valence-electron chi connectivity index (χ1n) is 7.30. The van der Waals surface area contributed by atoms with Crippen LogP contribution in [0.5, 0.6) is 0 Å². The number of benzene rings is 1. The van der Waals surface area contributed by atoms with Crippen LogP contribution in [-0.4, -0.2) is 33.4 Å². The van der Waals surface area contributed by atoms with Crippen molar-refractivity contribution in [1.82, 2.24) is 4.90 Å². The molecule has 24 heavy (non-hydrogen) atoms. The summed E-state index contributed by atoms with van der Waals surface area (Å²) < 4.78 is 40.2. The predicted octanol–water partition coefficient (Wildman–Crippen LogP) is 3.39. The Bertz CT molecular complexity index is 734. The molecule has 0 aromatic heterocycles. The van der Waals surface area contributed by atoms with Gasteiger partial charge in [-0.05, 0) is 44.5 Å². The highest BCUT2D eigenvalue weighted by molar-refractivity contribution is 14.2. The smallest absolute Gasteiger partial charge is 0.364 e. The molecule has 0 bridgehead atoms. The lowest BCUT2D eigenvalue weighted by atomic mass is 10.1. The Hall–Kier alpha value is -1.55. The molecule has 1 aromatic carbocycles. The van der Waals surface area contributed by atoms with E-state index in [4.69, 9.17) is 5.73 Å². The van der Waals surface area contributed by atoms with Crippen LogP contribution in [0, 0.1) is 0 Å². The number of nitrogens with zero attached hydrogens (tertiary/aromatic N) is 2. The zero-order valence-electron chi connectivity index (χ0n) is 13.2. The van der Waals surface area contributed by atoms with Crippen LogP contribution < -0.4 is 5.73 Å². The van der Waals surface area contributed by atoms with Gasteiger partial charge in [-0.1, -0.05) is 26.0 Å². The highest BCUT2D eigenvalue weighted by atomic mass is 127. The molecule has 1 amide bonds. The average Bonchev–Trinajstić information content (AvgIpc) is 2.55. The lowest BCUT2D eigenvalue weighted by Gasteiger charge is -2.21. The first-order valence-corrected chi connectivity index (χ1v) is 9.46. The van der Waals surface area contributed by atoms with Crippen molar-refractivity contribution in [3.8, 4) is 0 Å². The zero-order chi connectivity index (χ0) is 17.9. The third kappa shape index (κ3) is 4.29. The Morgan fingerprint density at radius 1 is 1.29 bits per heavy atom. The number of halogens is 4. The van der Waals surface area contributed by atoms with Crippen LogP contribution in [0.1, 0.15) is 25.0 Å². The van der Waals surface area contributed by atoms with Crippen LogP contribution in [0.3, 0.4) is 0 Å². The molecule has 0 aliphatic carbocycles. The molecule has 2 rings (SSSR count). The number of hydrogen-bond donors (Lipinski definition) is 1. The summed E-state index contributed by atoms with van der Waals surface area (Å²) in [7, 11) is 0. The number of carbonyl (C=O) groups is 1. The van der Waals surface area contributed by atoms with Crippen LogP contribution >= 0.6 is 20.7 Å². The summed E-state index contributed by atoms with van der Waals surface area (Å²) >= 11 is -0.810. The Labute approximate surface area is 148 Å². The summed E-state index contributed by atoms with van der Waals surface area (Å²) in [5, 5.41) is 0. The molecule has 0 unspecified atom stereocenters. The minimum atomic E-state index is -4.41. The molecule has 1 aliphatic heterocycles. The van der Waals surface area contributed by atoms with Gasteiger partial charge in [0.05, 0.1) is 5.56 Å². The number of amides is 1. The molecule has 0 fully saturated rings. The highest BCUT2D eigenvalue weighted by Gasteiger charge is 2.30. The van der Waals surface area contributed by atoms with Gasteiger partial charge < -0.3 is 5.73 Å². The van der Waals surface area contributed by atoms with E-state index >= 15 is 0 Å². The standard InChI is InChI=1S/C16H17F3IN3O/c1-3-23(4-2)15-20-12(9-13(22-15)14(21)24)10-6-5-7-11(8-10)16(17,18)19/h5-9H,3-4H2,1-2H3,(H2,21,24). The fourth-order valence-electron chi connectivity index (χ4n) is 2.11. The molecule has 8 heteroatoms. The van der Waals surface area contributed by atoms with E-state index in [1.807, 2.05) is 18.7 Å². The van der Waals surface area contributed by atoms with E-state index < -0.39 is 38.4 Å². The largest absolute Gasteiger partial charge is 0.416 e. The van der Waals surface area contributed by atoms with Gasteiger partial charge in [0.15, 0.2) is 0 Å². The lowest BCUT2D eigenvalue weighted by molar-refractivity contribution is -0.137. The van der Waals surface area contributed by atoms with E-state index in [1.165, 1.54) is 12.1 Å². The zero-order valence-corrected chi connectivity index (χ0v) is 15.4. The minimum absolute atomic E-state index is 0.0789. The molecule has 1 aromatic rings. The summed E-state index contributed by atoms with van der Waals surface area (Å²) in [5.74, 6) is -0.687. The number of rotatable bonds is 5. The average molecular weight is 451 g/mol. The maximum atomic E-state index is 12.9. The third-order valence-corrected chi connectivity index (χ3v) is 6.33. The van der Waals surface area contributed by atoms with Crippen molar-refractivity contribution < 1.29 is 18.0 Å². The fourth-order valence-corrected chi connectivity index (χ4v) is 5.14. The molecular weight excluding hydrogens is 434 g/mol. The number of carbonyl (C=O) groups excluding carboxylic acids is 1. The van der Waals surface area contributed by atoms with Crippen molar-refractivity contribution in [1.29, 1.82) is 0 Å². The maximum absolute atomic E-state index is 12.9. The molecule has 0 atom stereocenters. The summed E-state index contributed by atoms with van der Waals surface area (Å²) in [6.07, 6.45) is -2.90. The van der Waals surface area contributed by atoms with E-state index in [0.717, 1.165) is 15.9 Å². The molecule has 130 valence electrons. The number of hydrogen-bond acceptors (Lipinski definition) is 3. The summed E-state index contributed by atoms with van der Waals surface area (Å²) in [4.78, 5) is 17.9. The maximum Gasteiger partial charge on any atom is 0.416 e. The summed E-state index contributed by atoms with van der Waals surface area (Å²) in [5.41, 5.74) is 5.16. The normalized spacial score (nSPS) is 15.3. The van der Waals surface area contributed by atoms with Crippen molar-refractivity contribution in [2.24, 2.45) is 10.7 Å². The third-order valence-electron chi connectivity index (χ3n) is 3.40. The van der Waals surface area contributed by atoms with Gasteiger partial charge in [0.1, 0.15) is 9.47 Å². The van der Waals surface area contributed by atoms with Gasteiger partial charge in [-0.25, -0.2) is 4.99 Å². The summed E-state index contributed by atoms with van der Waals surface area (Å²) in [6.45, 7) is 5.33. The molecule has 4 nitrogen and oxygen atoms in total.